The first-order valence-electron chi connectivity index (χ1n) is 14.8. The number of amides is 1. The van der Waals surface area contributed by atoms with E-state index in [0.29, 0.717) is 47.4 Å². The summed E-state index contributed by atoms with van der Waals surface area (Å²) in [5, 5.41) is 16.9. The summed E-state index contributed by atoms with van der Waals surface area (Å²) in [5.41, 5.74) is 2.57. The molecule has 42 heavy (non-hydrogen) atoms. The molecule has 8 nitrogen and oxygen atoms in total. The van der Waals surface area contributed by atoms with Crippen molar-refractivity contribution in [2.75, 3.05) is 33.2 Å². The van der Waals surface area contributed by atoms with Gasteiger partial charge in [-0.2, -0.15) is 4.98 Å². The minimum Gasteiger partial charge on any atom is -0.380 e. The first kappa shape index (κ1) is 28.2. The zero-order chi connectivity index (χ0) is 29.5. The van der Waals surface area contributed by atoms with Crippen molar-refractivity contribution >= 4 is 5.91 Å². The molecule has 0 bridgehead atoms. The van der Waals surface area contributed by atoms with Crippen molar-refractivity contribution in [1.29, 1.82) is 0 Å². The molecule has 2 saturated heterocycles. The normalized spacial score (nSPS) is 19.0. The summed E-state index contributed by atoms with van der Waals surface area (Å²) in [7, 11) is 2.07. The highest BCUT2D eigenvalue weighted by molar-refractivity contribution is 5.94. The van der Waals surface area contributed by atoms with Crippen molar-refractivity contribution in [3.05, 3.63) is 101 Å². The summed E-state index contributed by atoms with van der Waals surface area (Å²) < 4.78 is 5.74. The fourth-order valence-electron chi connectivity index (χ4n) is 6.72. The van der Waals surface area contributed by atoms with Gasteiger partial charge in [-0.15, -0.1) is 0 Å². The van der Waals surface area contributed by atoms with Crippen LogP contribution >= 0.6 is 0 Å². The van der Waals surface area contributed by atoms with Gasteiger partial charge in [0.25, 0.3) is 5.91 Å². The molecule has 0 unspecified atom stereocenters. The zero-order valence-corrected chi connectivity index (χ0v) is 24.8. The summed E-state index contributed by atoms with van der Waals surface area (Å²) in [6.07, 6.45) is 4.99. The van der Waals surface area contributed by atoms with Crippen LogP contribution in [-0.2, 0) is 5.60 Å². The summed E-state index contributed by atoms with van der Waals surface area (Å²) in [6.45, 7) is 9.28. The number of carbonyl (C=O) groups is 1. The Morgan fingerprint density at radius 3 is 2.36 bits per heavy atom. The molecule has 2 aliphatic heterocycles. The third-order valence-electron chi connectivity index (χ3n) is 9.11. The number of nitrogens with zero attached hydrogens (tertiary/aromatic N) is 5. The van der Waals surface area contributed by atoms with E-state index in [4.69, 9.17) is 9.51 Å². The smallest absolute Gasteiger partial charge is 0.253 e. The van der Waals surface area contributed by atoms with E-state index in [9.17, 15) is 9.90 Å². The summed E-state index contributed by atoms with van der Waals surface area (Å²) in [6, 6.07) is 19.7. The molecule has 4 heterocycles. The fraction of sp³-hybridized carbons (Fsp3) is 0.412. The Bertz CT molecular complexity index is 1540. The third kappa shape index (κ3) is 5.03. The molecule has 4 aromatic rings. The van der Waals surface area contributed by atoms with Crippen molar-refractivity contribution in [1.82, 2.24) is 24.9 Å². The molecule has 1 atom stereocenters. The summed E-state index contributed by atoms with van der Waals surface area (Å²) in [5.74, 6) is 1.58. The molecule has 2 aliphatic rings. The summed E-state index contributed by atoms with van der Waals surface area (Å²) in [4.78, 5) is 26.2. The first-order chi connectivity index (χ1) is 20.2. The molecule has 1 N–H and O–H groups in total. The number of carbonyl (C=O) groups excluding carboxylic acids is 1. The highest BCUT2D eigenvalue weighted by Crippen LogP contribution is 2.50. The molecule has 8 heteroatoms. The van der Waals surface area contributed by atoms with E-state index in [0.717, 1.165) is 31.5 Å². The van der Waals surface area contributed by atoms with Crippen LogP contribution in [0.25, 0.3) is 11.4 Å². The van der Waals surface area contributed by atoms with Crippen molar-refractivity contribution < 1.29 is 14.4 Å². The van der Waals surface area contributed by atoms with E-state index in [1.54, 1.807) is 12.4 Å². The van der Waals surface area contributed by atoms with Gasteiger partial charge >= 0.3 is 0 Å². The quantitative estimate of drug-likeness (QED) is 0.318. The molecule has 2 aromatic heterocycles. The van der Waals surface area contributed by atoms with E-state index in [1.807, 2.05) is 53.4 Å². The predicted molar refractivity (Wildman–Crippen MR) is 161 cm³/mol. The SMILES string of the molecule is CC(C)c1ccc([C@](O)(c2cncc(-c3noc(C4CCN(C(=O)c5ccccc5)CC4)n3)c2)C2(C)CN(C)C2)cc1. The molecule has 0 spiro atoms. The van der Waals surface area contributed by atoms with E-state index in [-0.39, 0.29) is 11.8 Å². The maximum atomic E-state index is 12.9. The molecule has 0 radical (unpaired) electrons. The second kappa shape index (κ2) is 11.1. The number of likely N-dealkylation sites (tertiary alicyclic amines) is 2. The number of hydrogen-bond acceptors (Lipinski definition) is 7. The molecule has 218 valence electrons. The monoisotopic (exact) mass is 565 g/mol. The average molecular weight is 566 g/mol. The van der Waals surface area contributed by atoms with Crippen LogP contribution in [0.4, 0.5) is 0 Å². The van der Waals surface area contributed by atoms with E-state index >= 15 is 0 Å². The van der Waals surface area contributed by atoms with Crippen molar-refractivity contribution in [3.8, 4) is 11.4 Å². The molecular weight excluding hydrogens is 526 g/mol. The lowest BCUT2D eigenvalue weighted by Gasteiger charge is -2.55. The van der Waals surface area contributed by atoms with Crippen molar-refractivity contribution in [2.24, 2.45) is 5.41 Å². The largest absolute Gasteiger partial charge is 0.380 e. The van der Waals surface area contributed by atoms with E-state index < -0.39 is 11.0 Å². The van der Waals surface area contributed by atoms with Gasteiger partial charge < -0.3 is 19.4 Å². The zero-order valence-electron chi connectivity index (χ0n) is 24.8. The maximum Gasteiger partial charge on any atom is 0.253 e. The fourth-order valence-corrected chi connectivity index (χ4v) is 6.72. The van der Waals surface area contributed by atoms with Crippen LogP contribution in [0.1, 0.15) is 78.4 Å². The van der Waals surface area contributed by atoms with Crippen LogP contribution in [-0.4, -0.2) is 69.2 Å². The van der Waals surface area contributed by atoms with Gasteiger partial charge in [-0.05, 0) is 55.1 Å². The van der Waals surface area contributed by atoms with Crippen molar-refractivity contribution in [3.63, 3.8) is 0 Å². The van der Waals surface area contributed by atoms with Crippen LogP contribution in [0, 0.1) is 5.41 Å². The second-order valence-electron chi connectivity index (χ2n) is 12.6. The Morgan fingerprint density at radius 1 is 1.02 bits per heavy atom. The number of pyridine rings is 1. The number of benzene rings is 2. The van der Waals surface area contributed by atoms with Crippen LogP contribution in [0.5, 0.6) is 0 Å². The Kier molecular flexibility index (Phi) is 7.45. The molecular formula is C34H39N5O3. The first-order valence-corrected chi connectivity index (χ1v) is 14.8. The van der Waals surface area contributed by atoms with Crippen LogP contribution in [0.2, 0.25) is 0 Å². The molecule has 1 amide bonds. The van der Waals surface area contributed by atoms with Crippen molar-refractivity contribution in [2.45, 2.75) is 51.0 Å². The topological polar surface area (TPSA) is 95.6 Å². The number of aliphatic hydroxyl groups is 1. The van der Waals surface area contributed by atoms with Gasteiger partial charge in [0.1, 0.15) is 5.60 Å². The molecule has 6 rings (SSSR count). The number of aromatic nitrogens is 3. The van der Waals surface area contributed by atoms with E-state index in [1.165, 1.54) is 5.56 Å². The van der Waals surface area contributed by atoms with Crippen LogP contribution < -0.4 is 0 Å². The Balaban J connectivity index is 1.23. The van der Waals surface area contributed by atoms with Gasteiger partial charge in [-0.1, -0.05) is 68.4 Å². The van der Waals surface area contributed by atoms with Gasteiger partial charge in [0, 0.05) is 66.6 Å². The average Bonchev–Trinajstić information content (AvgIpc) is 3.51. The van der Waals surface area contributed by atoms with Gasteiger partial charge in [0.2, 0.25) is 11.7 Å². The summed E-state index contributed by atoms with van der Waals surface area (Å²) >= 11 is 0. The molecule has 0 saturated carbocycles. The Morgan fingerprint density at radius 2 is 1.71 bits per heavy atom. The highest BCUT2D eigenvalue weighted by atomic mass is 16.5. The third-order valence-corrected chi connectivity index (χ3v) is 9.11. The molecule has 2 fully saturated rings. The lowest BCUT2D eigenvalue weighted by Crippen LogP contribution is -2.63. The minimum atomic E-state index is -1.25. The van der Waals surface area contributed by atoms with Gasteiger partial charge in [0.15, 0.2) is 0 Å². The van der Waals surface area contributed by atoms with Crippen LogP contribution in [0.3, 0.4) is 0 Å². The van der Waals surface area contributed by atoms with Gasteiger partial charge in [0.05, 0.1) is 0 Å². The van der Waals surface area contributed by atoms with E-state index in [2.05, 4.69) is 55.0 Å². The highest BCUT2D eigenvalue weighted by Gasteiger charge is 2.55. The lowest BCUT2D eigenvalue weighted by molar-refractivity contribution is -0.127. The van der Waals surface area contributed by atoms with Gasteiger partial charge in [-0.25, -0.2) is 0 Å². The number of rotatable bonds is 7. The lowest BCUT2D eigenvalue weighted by atomic mass is 9.62. The number of piperidine rings is 1. The Hall–Kier alpha value is -3.88. The number of hydrogen-bond donors (Lipinski definition) is 1. The minimum absolute atomic E-state index is 0.0563. The second-order valence-corrected chi connectivity index (χ2v) is 12.6. The predicted octanol–water partition coefficient (Wildman–Crippen LogP) is 5.46. The standard InChI is InChI=1S/C34H39N5O3/c1-23(2)24-10-12-28(13-11-24)34(41,33(3)21-38(4)22-33)29-18-27(19-35-20-29)30-36-31(42-37-30)25-14-16-39(17-15-25)32(40)26-8-6-5-7-9-26/h5-13,18-20,23,25,41H,14-17,21-22H2,1-4H3/t34-/m0/s1. The molecule has 2 aromatic carbocycles. The van der Waals surface area contributed by atoms with Gasteiger partial charge in [-0.3, -0.25) is 9.78 Å². The van der Waals surface area contributed by atoms with Crippen LogP contribution in [0.15, 0.2) is 77.6 Å². The maximum absolute atomic E-state index is 12.9. The Labute approximate surface area is 247 Å². The molecule has 0 aliphatic carbocycles.